The van der Waals surface area contributed by atoms with Crippen LogP contribution >= 0.6 is 0 Å². The number of anilines is 1. The van der Waals surface area contributed by atoms with Crippen molar-refractivity contribution in [3.05, 3.63) is 29.8 Å². The molecule has 0 heterocycles. The lowest BCUT2D eigenvalue weighted by Gasteiger charge is -2.13. The number of alkyl halides is 2. The molecule has 1 aliphatic rings. The van der Waals surface area contributed by atoms with E-state index in [1.165, 1.54) is 31.2 Å². The van der Waals surface area contributed by atoms with E-state index in [0.29, 0.717) is 5.69 Å². The minimum absolute atomic E-state index is 0.00579. The first kappa shape index (κ1) is 12.5. The number of nitrogens with one attached hydrogen (secondary N) is 1. The normalized spacial score (nSPS) is 24.4. The molecule has 96 valence electrons. The topological polar surface area (TPSA) is 66.4 Å². The second-order valence-corrected chi connectivity index (χ2v) is 4.35. The molecule has 4 nitrogen and oxygen atoms in total. The number of benzene rings is 1. The molecule has 0 radical (unpaired) electrons. The molecule has 1 saturated carbocycles. The van der Waals surface area contributed by atoms with E-state index in [4.69, 9.17) is 5.11 Å². The predicted molar refractivity (Wildman–Crippen MR) is 59.6 cm³/mol. The van der Waals surface area contributed by atoms with Gasteiger partial charge in [0.25, 0.3) is 5.92 Å². The Morgan fingerprint density at radius 1 is 1.39 bits per heavy atom. The van der Waals surface area contributed by atoms with Crippen LogP contribution in [0.1, 0.15) is 18.9 Å². The highest BCUT2D eigenvalue weighted by molar-refractivity contribution is 5.91. The molecule has 1 aliphatic carbocycles. The molecule has 0 aliphatic heterocycles. The number of hydrogen-bond donors (Lipinski definition) is 2. The Hall–Kier alpha value is -1.98. The largest absolute Gasteiger partial charge is 0.480 e. The lowest BCUT2D eigenvalue weighted by atomic mass is 9.95. The Labute approximate surface area is 102 Å². The monoisotopic (exact) mass is 255 g/mol. The maximum Gasteiger partial charge on any atom is 0.320 e. The number of rotatable bonds is 3. The summed E-state index contributed by atoms with van der Waals surface area (Å²) >= 11 is 0. The molecule has 1 fully saturated rings. The molecule has 2 rings (SSSR count). The van der Waals surface area contributed by atoms with Crippen molar-refractivity contribution in [2.75, 3.05) is 5.32 Å². The van der Waals surface area contributed by atoms with E-state index in [-0.39, 0.29) is 11.5 Å². The summed E-state index contributed by atoms with van der Waals surface area (Å²) in [6, 6.07) is 5.57. The number of carboxylic acids is 1. The molecule has 0 saturated heterocycles. The standard InChI is InChI=1S/C12H11F2NO3/c1-7(16)15-9-4-2-3-8(5-9)11(10(17)18)6-12(11,13)14/h2-5H,6H2,1H3,(H,15,16)(H,17,18). The van der Waals surface area contributed by atoms with Gasteiger partial charge in [-0.2, -0.15) is 0 Å². The van der Waals surface area contributed by atoms with E-state index in [9.17, 15) is 18.4 Å². The van der Waals surface area contributed by atoms with Crippen LogP contribution in [0.2, 0.25) is 0 Å². The summed E-state index contributed by atoms with van der Waals surface area (Å²) in [7, 11) is 0. The Morgan fingerprint density at radius 2 is 2.00 bits per heavy atom. The third kappa shape index (κ3) is 1.73. The van der Waals surface area contributed by atoms with Gasteiger partial charge in [-0.25, -0.2) is 8.78 Å². The van der Waals surface area contributed by atoms with Crippen molar-refractivity contribution in [1.29, 1.82) is 0 Å². The third-order valence-electron chi connectivity index (χ3n) is 3.03. The fraction of sp³-hybridized carbons (Fsp3) is 0.333. The summed E-state index contributed by atoms with van der Waals surface area (Å²) in [5.74, 6) is -5.14. The maximum absolute atomic E-state index is 13.3. The summed E-state index contributed by atoms with van der Waals surface area (Å²) in [5, 5.41) is 11.4. The first-order valence-electron chi connectivity index (χ1n) is 5.29. The predicted octanol–water partition coefficient (Wildman–Crippen LogP) is 2.01. The number of amides is 1. The van der Waals surface area contributed by atoms with Crippen LogP contribution in [0.25, 0.3) is 0 Å². The molecule has 18 heavy (non-hydrogen) atoms. The first-order chi connectivity index (χ1) is 8.29. The second-order valence-electron chi connectivity index (χ2n) is 4.35. The summed E-state index contributed by atoms with van der Waals surface area (Å²) in [4.78, 5) is 21.9. The minimum Gasteiger partial charge on any atom is -0.480 e. The molecule has 1 atom stereocenters. The quantitative estimate of drug-likeness (QED) is 0.868. The van der Waals surface area contributed by atoms with Crippen molar-refractivity contribution in [2.24, 2.45) is 0 Å². The maximum atomic E-state index is 13.3. The molecule has 6 heteroatoms. The SMILES string of the molecule is CC(=O)Nc1cccc(C2(C(=O)O)CC2(F)F)c1. The Morgan fingerprint density at radius 3 is 2.44 bits per heavy atom. The molecule has 0 bridgehead atoms. The van der Waals surface area contributed by atoms with Crippen LogP contribution in [0.5, 0.6) is 0 Å². The van der Waals surface area contributed by atoms with Crippen LogP contribution in [0.4, 0.5) is 14.5 Å². The molecule has 1 amide bonds. The number of carbonyl (C=O) groups excluding carboxylic acids is 1. The lowest BCUT2D eigenvalue weighted by molar-refractivity contribution is -0.143. The van der Waals surface area contributed by atoms with Gasteiger partial charge >= 0.3 is 5.97 Å². The second kappa shape index (κ2) is 3.76. The highest BCUT2D eigenvalue weighted by atomic mass is 19.3. The lowest BCUT2D eigenvalue weighted by Crippen LogP contribution is -2.27. The minimum atomic E-state index is -3.24. The van der Waals surface area contributed by atoms with Gasteiger partial charge in [0.1, 0.15) is 0 Å². The molecule has 1 aromatic carbocycles. The zero-order valence-corrected chi connectivity index (χ0v) is 9.54. The summed E-state index contributed by atoms with van der Waals surface area (Å²) in [6.45, 7) is 1.28. The fourth-order valence-electron chi connectivity index (χ4n) is 2.02. The number of halogens is 2. The highest BCUT2D eigenvalue weighted by Gasteiger charge is 2.77. The molecular formula is C12H11F2NO3. The molecule has 2 N–H and O–H groups in total. The van der Waals surface area contributed by atoms with Gasteiger partial charge < -0.3 is 10.4 Å². The van der Waals surface area contributed by atoms with Crippen molar-refractivity contribution >= 4 is 17.6 Å². The Balaban J connectivity index is 2.40. The highest BCUT2D eigenvalue weighted by Crippen LogP contribution is 2.61. The van der Waals surface area contributed by atoms with E-state index >= 15 is 0 Å². The number of carbonyl (C=O) groups is 2. The first-order valence-corrected chi connectivity index (χ1v) is 5.29. The van der Waals surface area contributed by atoms with Crippen molar-refractivity contribution < 1.29 is 23.5 Å². The number of carboxylic acid groups (broad SMARTS) is 1. The van der Waals surface area contributed by atoms with E-state index in [1.54, 1.807) is 0 Å². The third-order valence-corrected chi connectivity index (χ3v) is 3.03. The van der Waals surface area contributed by atoms with Crippen LogP contribution < -0.4 is 5.32 Å². The van der Waals surface area contributed by atoms with Crippen molar-refractivity contribution in [1.82, 2.24) is 0 Å². The van der Waals surface area contributed by atoms with Gasteiger partial charge in [0.15, 0.2) is 5.41 Å². The van der Waals surface area contributed by atoms with E-state index in [1.807, 2.05) is 0 Å². The van der Waals surface area contributed by atoms with E-state index < -0.39 is 23.7 Å². The van der Waals surface area contributed by atoms with Crippen LogP contribution in [-0.4, -0.2) is 22.9 Å². The van der Waals surface area contributed by atoms with Gasteiger partial charge in [-0.1, -0.05) is 12.1 Å². The van der Waals surface area contributed by atoms with Crippen LogP contribution in [-0.2, 0) is 15.0 Å². The van der Waals surface area contributed by atoms with Gasteiger partial charge in [-0.3, -0.25) is 9.59 Å². The molecule has 0 aromatic heterocycles. The van der Waals surface area contributed by atoms with Crippen molar-refractivity contribution in [2.45, 2.75) is 24.7 Å². The summed E-state index contributed by atoms with van der Waals surface area (Å²) < 4.78 is 26.6. The molecular weight excluding hydrogens is 244 g/mol. The number of hydrogen-bond acceptors (Lipinski definition) is 2. The summed E-state index contributed by atoms with van der Waals surface area (Å²) in [5.41, 5.74) is -1.84. The van der Waals surface area contributed by atoms with Gasteiger partial charge in [0.05, 0.1) is 0 Å². The zero-order valence-electron chi connectivity index (χ0n) is 9.54. The van der Waals surface area contributed by atoms with Gasteiger partial charge in [-0.05, 0) is 17.7 Å². The zero-order chi connectivity index (χ0) is 13.6. The fourth-order valence-corrected chi connectivity index (χ4v) is 2.02. The smallest absolute Gasteiger partial charge is 0.320 e. The van der Waals surface area contributed by atoms with E-state index in [2.05, 4.69) is 5.32 Å². The van der Waals surface area contributed by atoms with Gasteiger partial charge in [-0.15, -0.1) is 0 Å². The average molecular weight is 255 g/mol. The van der Waals surface area contributed by atoms with Gasteiger partial charge in [0, 0.05) is 19.0 Å². The van der Waals surface area contributed by atoms with Gasteiger partial charge in [0.2, 0.25) is 5.91 Å². The average Bonchev–Trinajstić information content (AvgIpc) is 2.83. The molecule has 1 aromatic rings. The summed E-state index contributed by atoms with van der Waals surface area (Å²) in [6.07, 6.45) is -0.709. The van der Waals surface area contributed by atoms with Crippen LogP contribution in [0.15, 0.2) is 24.3 Å². The van der Waals surface area contributed by atoms with E-state index in [0.717, 1.165) is 0 Å². The van der Waals surface area contributed by atoms with Crippen LogP contribution in [0, 0.1) is 0 Å². The Kier molecular flexibility index (Phi) is 2.61. The van der Waals surface area contributed by atoms with Crippen molar-refractivity contribution in [3.63, 3.8) is 0 Å². The van der Waals surface area contributed by atoms with Crippen LogP contribution in [0.3, 0.4) is 0 Å². The molecule has 1 unspecified atom stereocenters. The molecule has 0 spiro atoms. The van der Waals surface area contributed by atoms with Crippen molar-refractivity contribution in [3.8, 4) is 0 Å². The number of aliphatic carboxylic acids is 1. The Bertz CT molecular complexity index is 530.